The monoisotopic (exact) mass is 174 g/mol. The van der Waals surface area contributed by atoms with Crippen LogP contribution in [0.5, 0.6) is 0 Å². The van der Waals surface area contributed by atoms with Crippen molar-refractivity contribution in [3.63, 3.8) is 0 Å². The Kier molecular flexibility index (Phi) is 2.51. The summed E-state index contributed by atoms with van der Waals surface area (Å²) < 4.78 is 10.5. The van der Waals surface area contributed by atoms with Gasteiger partial charge in [0.2, 0.25) is 0 Å². The van der Waals surface area contributed by atoms with Gasteiger partial charge in [0.1, 0.15) is 12.2 Å². The molecule has 1 rings (SSSR count). The van der Waals surface area contributed by atoms with E-state index in [1.165, 1.54) is 0 Å². The molecule has 1 N–H and O–H groups in total. The molecule has 4 heteroatoms. The summed E-state index contributed by atoms with van der Waals surface area (Å²) in [5, 5.41) is 9.22. The highest BCUT2D eigenvalue weighted by atomic mass is 16.8. The van der Waals surface area contributed by atoms with Gasteiger partial charge in [0.25, 0.3) is 0 Å². The van der Waals surface area contributed by atoms with Gasteiger partial charge in [-0.25, -0.2) is 0 Å². The van der Waals surface area contributed by atoms with Crippen LogP contribution in [0.15, 0.2) is 0 Å². The molecule has 0 aromatic rings. The van der Waals surface area contributed by atoms with Gasteiger partial charge in [-0.1, -0.05) is 0 Å². The number of aliphatic hydroxyl groups is 1. The number of carbonyl (C=O) groups excluding carboxylic acids is 1. The van der Waals surface area contributed by atoms with E-state index >= 15 is 0 Å². The Bertz CT molecular complexity index is 176. The molecule has 0 aliphatic carbocycles. The normalized spacial score (nSPS) is 36.3. The standard InChI is InChI=1S/C8H14O4/c1-5(10)7-6(4-9)11-8(2,3)12-7/h4-7,10H,1-3H3/t5-,6+,7-/m1/s1. The van der Waals surface area contributed by atoms with Crippen molar-refractivity contribution in [2.75, 3.05) is 0 Å². The van der Waals surface area contributed by atoms with Crippen LogP contribution in [0.25, 0.3) is 0 Å². The lowest BCUT2D eigenvalue weighted by molar-refractivity contribution is -0.155. The molecule has 1 aliphatic heterocycles. The van der Waals surface area contributed by atoms with Gasteiger partial charge in [-0.3, -0.25) is 0 Å². The van der Waals surface area contributed by atoms with Crippen molar-refractivity contribution in [3.8, 4) is 0 Å². The van der Waals surface area contributed by atoms with Crippen molar-refractivity contribution in [1.82, 2.24) is 0 Å². The Labute approximate surface area is 71.5 Å². The molecule has 0 spiro atoms. The summed E-state index contributed by atoms with van der Waals surface area (Å²) >= 11 is 0. The maximum atomic E-state index is 10.5. The molecule has 1 saturated heterocycles. The molecular weight excluding hydrogens is 160 g/mol. The maximum Gasteiger partial charge on any atom is 0.164 e. The van der Waals surface area contributed by atoms with E-state index in [1.807, 2.05) is 0 Å². The van der Waals surface area contributed by atoms with Crippen molar-refractivity contribution in [2.45, 2.75) is 44.9 Å². The molecule has 0 bridgehead atoms. The zero-order valence-electron chi connectivity index (χ0n) is 7.48. The van der Waals surface area contributed by atoms with E-state index in [9.17, 15) is 9.90 Å². The first kappa shape index (κ1) is 9.64. The molecule has 0 radical (unpaired) electrons. The third-order valence-electron chi connectivity index (χ3n) is 1.77. The first-order chi connectivity index (χ1) is 5.46. The molecule has 0 aromatic heterocycles. The van der Waals surface area contributed by atoms with Crippen LogP contribution in [0.2, 0.25) is 0 Å². The van der Waals surface area contributed by atoms with Crippen LogP contribution < -0.4 is 0 Å². The second-order valence-corrected chi connectivity index (χ2v) is 3.44. The Morgan fingerprint density at radius 2 is 2.08 bits per heavy atom. The van der Waals surface area contributed by atoms with E-state index < -0.39 is 24.1 Å². The van der Waals surface area contributed by atoms with Gasteiger partial charge in [-0.15, -0.1) is 0 Å². The van der Waals surface area contributed by atoms with Crippen LogP contribution in [0.4, 0.5) is 0 Å². The third kappa shape index (κ3) is 1.83. The first-order valence-corrected chi connectivity index (χ1v) is 3.95. The summed E-state index contributed by atoms with van der Waals surface area (Å²) in [5.41, 5.74) is 0. The fourth-order valence-electron chi connectivity index (χ4n) is 1.30. The largest absolute Gasteiger partial charge is 0.391 e. The quantitative estimate of drug-likeness (QED) is 0.602. The number of carbonyl (C=O) groups is 1. The van der Waals surface area contributed by atoms with Crippen molar-refractivity contribution < 1.29 is 19.4 Å². The lowest BCUT2D eigenvalue weighted by atomic mass is 10.1. The van der Waals surface area contributed by atoms with Crippen LogP contribution in [0.3, 0.4) is 0 Å². The van der Waals surface area contributed by atoms with Crippen LogP contribution >= 0.6 is 0 Å². The molecule has 0 unspecified atom stereocenters. The van der Waals surface area contributed by atoms with Crippen LogP contribution in [-0.4, -0.2) is 35.5 Å². The molecule has 1 fully saturated rings. The molecule has 4 nitrogen and oxygen atoms in total. The SMILES string of the molecule is C[C@@H](O)[C@H]1OC(C)(C)O[C@H]1C=O. The molecule has 70 valence electrons. The van der Waals surface area contributed by atoms with Gasteiger partial charge in [0.15, 0.2) is 12.1 Å². The van der Waals surface area contributed by atoms with Crippen molar-refractivity contribution in [1.29, 1.82) is 0 Å². The summed E-state index contributed by atoms with van der Waals surface area (Å²) in [4.78, 5) is 10.5. The molecule has 0 amide bonds. The van der Waals surface area contributed by atoms with Crippen LogP contribution in [0.1, 0.15) is 20.8 Å². The lowest BCUT2D eigenvalue weighted by Gasteiger charge is -2.17. The van der Waals surface area contributed by atoms with Crippen LogP contribution in [0, 0.1) is 0 Å². The van der Waals surface area contributed by atoms with E-state index in [2.05, 4.69) is 0 Å². The highest BCUT2D eigenvalue weighted by Crippen LogP contribution is 2.28. The highest BCUT2D eigenvalue weighted by Gasteiger charge is 2.43. The van der Waals surface area contributed by atoms with E-state index in [0.717, 1.165) is 0 Å². The average Bonchev–Trinajstić information content (AvgIpc) is 2.25. The molecule has 1 heterocycles. The molecule has 0 aromatic carbocycles. The predicted octanol–water partition coefficient (Wildman–Crippen LogP) is 0.0862. The highest BCUT2D eigenvalue weighted by molar-refractivity contribution is 5.57. The van der Waals surface area contributed by atoms with Gasteiger partial charge in [-0.05, 0) is 20.8 Å². The smallest absolute Gasteiger partial charge is 0.164 e. The third-order valence-corrected chi connectivity index (χ3v) is 1.77. The van der Waals surface area contributed by atoms with E-state index in [0.29, 0.717) is 6.29 Å². The van der Waals surface area contributed by atoms with Crippen molar-refractivity contribution in [3.05, 3.63) is 0 Å². The van der Waals surface area contributed by atoms with E-state index in [1.54, 1.807) is 20.8 Å². The zero-order chi connectivity index (χ0) is 9.35. The summed E-state index contributed by atoms with van der Waals surface area (Å²) in [6, 6.07) is 0. The predicted molar refractivity (Wildman–Crippen MR) is 41.6 cm³/mol. The second kappa shape index (κ2) is 3.12. The first-order valence-electron chi connectivity index (χ1n) is 3.95. The van der Waals surface area contributed by atoms with Gasteiger partial charge in [0.05, 0.1) is 6.10 Å². The number of rotatable bonds is 2. The Hall–Kier alpha value is -0.450. The number of hydrogen-bond acceptors (Lipinski definition) is 4. The molecule has 0 saturated carbocycles. The van der Waals surface area contributed by atoms with Gasteiger partial charge in [-0.2, -0.15) is 0 Å². The molecule has 1 aliphatic rings. The summed E-state index contributed by atoms with van der Waals surface area (Å²) in [6.45, 7) is 5.00. The van der Waals surface area contributed by atoms with Gasteiger partial charge < -0.3 is 19.4 Å². The topological polar surface area (TPSA) is 55.8 Å². The minimum atomic E-state index is -0.771. The average molecular weight is 174 g/mol. The minimum absolute atomic E-state index is 0.544. The van der Waals surface area contributed by atoms with Gasteiger partial charge in [0, 0.05) is 0 Å². The number of aliphatic hydroxyl groups excluding tert-OH is 1. The van der Waals surface area contributed by atoms with Crippen molar-refractivity contribution >= 4 is 6.29 Å². The molecule has 12 heavy (non-hydrogen) atoms. The Morgan fingerprint density at radius 1 is 1.50 bits per heavy atom. The number of aldehydes is 1. The van der Waals surface area contributed by atoms with Gasteiger partial charge >= 0.3 is 0 Å². The zero-order valence-corrected chi connectivity index (χ0v) is 7.48. The molecular formula is C8H14O4. The Morgan fingerprint density at radius 3 is 2.42 bits per heavy atom. The lowest BCUT2D eigenvalue weighted by Crippen LogP contribution is -2.34. The maximum absolute atomic E-state index is 10.5. The fourth-order valence-corrected chi connectivity index (χ4v) is 1.30. The van der Waals surface area contributed by atoms with E-state index in [-0.39, 0.29) is 0 Å². The second-order valence-electron chi connectivity index (χ2n) is 3.44. The Balaban J connectivity index is 2.69. The molecule has 3 atom stereocenters. The summed E-state index contributed by atoms with van der Waals surface area (Å²) in [5.74, 6) is -0.771. The number of hydrogen-bond donors (Lipinski definition) is 1. The van der Waals surface area contributed by atoms with E-state index in [4.69, 9.17) is 9.47 Å². The van der Waals surface area contributed by atoms with Crippen molar-refractivity contribution in [2.24, 2.45) is 0 Å². The minimum Gasteiger partial charge on any atom is -0.391 e. The fraction of sp³-hybridized carbons (Fsp3) is 0.875. The number of ether oxygens (including phenoxy) is 2. The van der Waals surface area contributed by atoms with Crippen LogP contribution in [-0.2, 0) is 14.3 Å². The summed E-state index contributed by atoms with van der Waals surface area (Å²) in [7, 11) is 0. The summed E-state index contributed by atoms with van der Waals surface area (Å²) in [6.07, 6.45) is -1.23.